The molecule has 0 spiro atoms. The summed E-state index contributed by atoms with van der Waals surface area (Å²) in [4.78, 5) is 0. The van der Waals surface area contributed by atoms with Gasteiger partial charge in [-0.05, 0) is 19.9 Å². The maximum Gasteiger partial charge on any atom is 0.182 e. The summed E-state index contributed by atoms with van der Waals surface area (Å²) >= 11 is 0. The van der Waals surface area contributed by atoms with Gasteiger partial charge >= 0.3 is 0 Å². The van der Waals surface area contributed by atoms with E-state index >= 15 is 0 Å². The lowest BCUT2D eigenvalue weighted by atomic mass is 10.2. The van der Waals surface area contributed by atoms with Crippen molar-refractivity contribution in [2.75, 3.05) is 6.54 Å². The summed E-state index contributed by atoms with van der Waals surface area (Å²) < 4.78 is 3.97. The van der Waals surface area contributed by atoms with E-state index < -0.39 is 0 Å². The summed E-state index contributed by atoms with van der Waals surface area (Å²) in [5.74, 6) is 7.69. The predicted octanol–water partition coefficient (Wildman–Crippen LogP) is 0.237. The van der Waals surface area contributed by atoms with Gasteiger partial charge in [-0.25, -0.2) is 5.01 Å². The fraction of sp³-hybridized carbons (Fsp3) is 0.545. The van der Waals surface area contributed by atoms with Crippen molar-refractivity contribution in [2.45, 2.75) is 26.4 Å². The highest BCUT2D eigenvalue weighted by molar-refractivity contribution is 5.51. The van der Waals surface area contributed by atoms with Crippen LogP contribution in [0.25, 0.3) is 11.5 Å². The molecule has 0 fully saturated rings. The summed E-state index contributed by atoms with van der Waals surface area (Å²) in [5.41, 5.74) is 1.97. The molecule has 0 unspecified atom stereocenters. The van der Waals surface area contributed by atoms with Gasteiger partial charge in [0.2, 0.25) is 0 Å². The molecule has 1 atom stereocenters. The molecule has 0 saturated heterocycles. The predicted molar refractivity (Wildman–Crippen MR) is 66.3 cm³/mol. The minimum atomic E-state index is 0.0920. The van der Waals surface area contributed by atoms with E-state index in [4.69, 9.17) is 5.84 Å². The van der Waals surface area contributed by atoms with Gasteiger partial charge in [-0.15, -0.1) is 10.2 Å². The first kappa shape index (κ1) is 11.4. The zero-order chi connectivity index (χ0) is 12.9. The Morgan fingerprint density at radius 2 is 2.11 bits per heavy atom. The first-order valence-electron chi connectivity index (χ1n) is 6.03. The van der Waals surface area contributed by atoms with Gasteiger partial charge in [0, 0.05) is 20.1 Å². The maximum absolute atomic E-state index is 5.91. The van der Waals surface area contributed by atoms with Gasteiger partial charge in [0.15, 0.2) is 11.6 Å². The van der Waals surface area contributed by atoms with Gasteiger partial charge in [-0.1, -0.05) is 0 Å². The summed E-state index contributed by atoms with van der Waals surface area (Å²) in [5, 5.41) is 14.7. The Balaban J connectivity index is 2.11. The molecule has 0 amide bonds. The van der Waals surface area contributed by atoms with Crippen molar-refractivity contribution in [3.63, 3.8) is 0 Å². The van der Waals surface area contributed by atoms with E-state index in [1.54, 1.807) is 5.01 Å². The van der Waals surface area contributed by atoms with Crippen molar-refractivity contribution in [3.05, 3.63) is 17.6 Å². The Hall–Kier alpha value is -1.73. The van der Waals surface area contributed by atoms with Crippen LogP contribution < -0.4 is 5.84 Å². The highest BCUT2D eigenvalue weighted by atomic mass is 15.5. The SMILES string of the molecule is Cc1cc(-c2nnc3n2CCN(N)[C@H]3C)n(C)n1. The smallest absolute Gasteiger partial charge is 0.182 e. The number of hydrogen-bond acceptors (Lipinski definition) is 5. The molecule has 7 heteroatoms. The van der Waals surface area contributed by atoms with Gasteiger partial charge in [0.1, 0.15) is 5.69 Å². The number of aromatic nitrogens is 5. The number of hydrazine groups is 1. The van der Waals surface area contributed by atoms with E-state index in [0.717, 1.165) is 36.1 Å². The lowest BCUT2D eigenvalue weighted by Gasteiger charge is -2.29. The van der Waals surface area contributed by atoms with Crippen LogP contribution in [-0.4, -0.2) is 36.1 Å². The Kier molecular flexibility index (Phi) is 2.46. The summed E-state index contributed by atoms with van der Waals surface area (Å²) in [6.07, 6.45) is 0. The molecule has 1 aliphatic rings. The quantitative estimate of drug-likeness (QED) is 0.730. The minimum Gasteiger partial charge on any atom is -0.307 e. The van der Waals surface area contributed by atoms with E-state index in [1.165, 1.54) is 0 Å². The standard InChI is InChI=1S/C11H17N7/c1-7-6-9(16(3)15-7)11-14-13-10-8(2)18(12)5-4-17(10)11/h6,8H,4-5,12H2,1-3H3/t8-/m0/s1. The van der Waals surface area contributed by atoms with E-state index in [-0.39, 0.29) is 6.04 Å². The monoisotopic (exact) mass is 247 g/mol. The zero-order valence-electron chi connectivity index (χ0n) is 10.8. The molecular weight excluding hydrogens is 230 g/mol. The van der Waals surface area contributed by atoms with Crippen molar-refractivity contribution in [1.29, 1.82) is 0 Å². The van der Waals surface area contributed by atoms with Crippen molar-refractivity contribution < 1.29 is 0 Å². The van der Waals surface area contributed by atoms with E-state index in [0.29, 0.717) is 0 Å². The molecule has 0 saturated carbocycles. The molecule has 7 nitrogen and oxygen atoms in total. The van der Waals surface area contributed by atoms with Crippen LogP contribution in [0.1, 0.15) is 24.5 Å². The second-order valence-electron chi connectivity index (χ2n) is 4.74. The zero-order valence-corrected chi connectivity index (χ0v) is 10.8. The summed E-state index contributed by atoms with van der Waals surface area (Å²) in [7, 11) is 1.92. The van der Waals surface area contributed by atoms with Gasteiger partial charge in [0.05, 0.1) is 11.7 Å². The van der Waals surface area contributed by atoms with Crippen molar-refractivity contribution in [3.8, 4) is 11.5 Å². The second kappa shape index (κ2) is 3.89. The molecule has 18 heavy (non-hydrogen) atoms. The molecule has 0 radical (unpaired) electrons. The normalized spacial score (nSPS) is 20.1. The van der Waals surface area contributed by atoms with Crippen LogP contribution in [0.5, 0.6) is 0 Å². The molecular formula is C11H17N7. The number of fused-ring (bicyclic) bond motifs is 1. The van der Waals surface area contributed by atoms with Gasteiger partial charge in [-0.3, -0.25) is 10.5 Å². The molecule has 96 valence electrons. The summed E-state index contributed by atoms with van der Waals surface area (Å²) in [6.45, 7) is 5.62. The highest BCUT2D eigenvalue weighted by Crippen LogP contribution is 2.26. The first-order chi connectivity index (χ1) is 8.58. The Bertz CT molecular complexity index is 582. The molecule has 2 aromatic heterocycles. The third-order valence-corrected chi connectivity index (χ3v) is 3.46. The topological polar surface area (TPSA) is 77.8 Å². The number of aryl methyl sites for hydroxylation is 2. The van der Waals surface area contributed by atoms with Crippen molar-refractivity contribution >= 4 is 0 Å². The van der Waals surface area contributed by atoms with E-state index in [1.807, 2.05) is 31.6 Å². The average Bonchev–Trinajstić information content (AvgIpc) is 2.87. The Morgan fingerprint density at radius 3 is 2.78 bits per heavy atom. The van der Waals surface area contributed by atoms with Crippen LogP contribution in [0.3, 0.4) is 0 Å². The molecule has 2 N–H and O–H groups in total. The third-order valence-electron chi connectivity index (χ3n) is 3.46. The Labute approximate surface area is 105 Å². The molecule has 0 aliphatic carbocycles. The van der Waals surface area contributed by atoms with Crippen LogP contribution in [0.4, 0.5) is 0 Å². The van der Waals surface area contributed by atoms with Gasteiger partial charge in [-0.2, -0.15) is 5.10 Å². The van der Waals surface area contributed by atoms with Crippen LogP contribution >= 0.6 is 0 Å². The highest BCUT2D eigenvalue weighted by Gasteiger charge is 2.27. The average molecular weight is 247 g/mol. The van der Waals surface area contributed by atoms with Crippen LogP contribution in [0.2, 0.25) is 0 Å². The molecule has 3 rings (SSSR count). The number of hydrogen-bond donors (Lipinski definition) is 1. The fourth-order valence-electron chi connectivity index (χ4n) is 2.41. The lowest BCUT2D eigenvalue weighted by molar-refractivity contribution is 0.168. The van der Waals surface area contributed by atoms with Crippen LogP contribution in [-0.2, 0) is 13.6 Å². The third kappa shape index (κ3) is 1.55. The number of rotatable bonds is 1. The Morgan fingerprint density at radius 1 is 1.33 bits per heavy atom. The van der Waals surface area contributed by atoms with Crippen LogP contribution in [0, 0.1) is 6.92 Å². The summed E-state index contributed by atoms with van der Waals surface area (Å²) in [6, 6.07) is 2.12. The van der Waals surface area contributed by atoms with Crippen LogP contribution in [0.15, 0.2) is 6.07 Å². The lowest BCUT2D eigenvalue weighted by Crippen LogP contribution is -2.41. The largest absolute Gasteiger partial charge is 0.307 e. The molecule has 0 bridgehead atoms. The fourth-order valence-corrected chi connectivity index (χ4v) is 2.41. The number of nitrogens with zero attached hydrogens (tertiary/aromatic N) is 6. The van der Waals surface area contributed by atoms with Crippen molar-refractivity contribution in [2.24, 2.45) is 12.9 Å². The van der Waals surface area contributed by atoms with Gasteiger partial charge < -0.3 is 4.57 Å². The molecule has 2 aromatic rings. The van der Waals surface area contributed by atoms with E-state index in [2.05, 4.69) is 19.9 Å². The van der Waals surface area contributed by atoms with Crippen molar-refractivity contribution in [1.82, 2.24) is 29.6 Å². The first-order valence-corrected chi connectivity index (χ1v) is 6.03. The molecule has 1 aliphatic heterocycles. The minimum absolute atomic E-state index is 0.0920. The van der Waals surface area contributed by atoms with E-state index in [9.17, 15) is 0 Å². The second-order valence-corrected chi connectivity index (χ2v) is 4.74. The number of nitrogens with two attached hydrogens (primary N) is 1. The molecule has 0 aromatic carbocycles. The maximum atomic E-state index is 5.91. The molecule has 3 heterocycles. The van der Waals surface area contributed by atoms with Gasteiger partial charge in [0.25, 0.3) is 0 Å².